The summed E-state index contributed by atoms with van der Waals surface area (Å²) in [5, 5.41) is 3.26. The second kappa shape index (κ2) is 7.64. The van der Waals surface area contributed by atoms with Crippen molar-refractivity contribution >= 4 is 43.0 Å². The van der Waals surface area contributed by atoms with Crippen LogP contribution in [0.15, 0.2) is 42.5 Å². The van der Waals surface area contributed by atoms with Crippen LogP contribution in [-0.2, 0) is 14.6 Å². The lowest BCUT2D eigenvalue weighted by atomic mass is 10.2. The standard InChI is InChI=1S/C21H22N2O3S2/c1-14-6-11-18-19(12-14)27-21(23-18)15-7-9-16(10-8-15)22-20(24)13-28(25,26)17-4-2-3-5-17/h6-12,17H,2-5,13H2,1H3,(H,22,24). The zero-order chi connectivity index (χ0) is 19.7. The molecule has 1 N–H and O–H groups in total. The molecule has 28 heavy (non-hydrogen) atoms. The summed E-state index contributed by atoms with van der Waals surface area (Å²) in [6.45, 7) is 2.06. The third-order valence-electron chi connectivity index (χ3n) is 5.10. The Morgan fingerprint density at radius 3 is 2.57 bits per heavy atom. The number of nitrogens with zero attached hydrogens (tertiary/aromatic N) is 1. The predicted molar refractivity (Wildman–Crippen MR) is 114 cm³/mol. The lowest BCUT2D eigenvalue weighted by molar-refractivity contribution is -0.113. The molecule has 1 aromatic heterocycles. The van der Waals surface area contributed by atoms with Crippen LogP contribution in [0.25, 0.3) is 20.8 Å². The Hall–Kier alpha value is -2.25. The van der Waals surface area contributed by atoms with Crippen LogP contribution in [0.2, 0.25) is 0 Å². The van der Waals surface area contributed by atoms with Gasteiger partial charge in [0.25, 0.3) is 0 Å². The maximum absolute atomic E-state index is 12.3. The number of aromatic nitrogens is 1. The Morgan fingerprint density at radius 1 is 1.14 bits per heavy atom. The Balaban J connectivity index is 1.44. The van der Waals surface area contributed by atoms with E-state index in [-0.39, 0.29) is 5.25 Å². The molecular weight excluding hydrogens is 392 g/mol. The van der Waals surface area contributed by atoms with Crippen molar-refractivity contribution in [1.82, 2.24) is 4.98 Å². The molecule has 0 unspecified atom stereocenters. The molecule has 0 aliphatic heterocycles. The second-order valence-electron chi connectivity index (χ2n) is 7.33. The van der Waals surface area contributed by atoms with Crippen molar-refractivity contribution in [3.05, 3.63) is 48.0 Å². The molecule has 1 aliphatic rings. The van der Waals surface area contributed by atoms with Gasteiger partial charge in [0, 0.05) is 11.3 Å². The lowest BCUT2D eigenvalue weighted by Gasteiger charge is -2.11. The SMILES string of the molecule is Cc1ccc2nc(-c3ccc(NC(=O)CS(=O)(=O)C4CCCC4)cc3)sc2c1. The first kappa shape index (κ1) is 19.1. The van der Waals surface area contributed by atoms with Gasteiger partial charge in [0.1, 0.15) is 10.8 Å². The average molecular weight is 415 g/mol. The Bertz CT molecular complexity index is 1110. The van der Waals surface area contributed by atoms with Crippen LogP contribution in [0, 0.1) is 6.92 Å². The maximum atomic E-state index is 12.3. The molecule has 1 amide bonds. The number of fused-ring (bicyclic) bond motifs is 1. The van der Waals surface area contributed by atoms with Gasteiger partial charge in [-0.3, -0.25) is 4.79 Å². The largest absolute Gasteiger partial charge is 0.325 e. The first-order chi connectivity index (χ1) is 13.4. The third-order valence-corrected chi connectivity index (χ3v) is 8.32. The molecule has 1 fully saturated rings. The van der Waals surface area contributed by atoms with Gasteiger partial charge in [-0.05, 0) is 61.7 Å². The highest BCUT2D eigenvalue weighted by molar-refractivity contribution is 7.92. The van der Waals surface area contributed by atoms with Gasteiger partial charge in [0.05, 0.1) is 15.5 Å². The molecule has 0 saturated heterocycles. The van der Waals surface area contributed by atoms with Crippen LogP contribution >= 0.6 is 11.3 Å². The van der Waals surface area contributed by atoms with Gasteiger partial charge in [-0.25, -0.2) is 13.4 Å². The molecule has 1 aliphatic carbocycles. The van der Waals surface area contributed by atoms with Crippen LogP contribution in [0.3, 0.4) is 0 Å². The minimum atomic E-state index is -3.37. The monoisotopic (exact) mass is 414 g/mol. The minimum Gasteiger partial charge on any atom is -0.325 e. The molecule has 0 atom stereocenters. The molecule has 1 heterocycles. The highest BCUT2D eigenvalue weighted by atomic mass is 32.2. The minimum absolute atomic E-state index is 0.358. The van der Waals surface area contributed by atoms with Crippen LogP contribution in [0.5, 0.6) is 0 Å². The fraction of sp³-hybridized carbons (Fsp3) is 0.333. The van der Waals surface area contributed by atoms with E-state index in [2.05, 4.69) is 23.3 Å². The Kier molecular flexibility index (Phi) is 5.21. The summed E-state index contributed by atoms with van der Waals surface area (Å²) in [5.41, 5.74) is 3.73. The van der Waals surface area contributed by atoms with Crippen LogP contribution in [0.4, 0.5) is 5.69 Å². The molecule has 146 valence electrons. The van der Waals surface area contributed by atoms with E-state index >= 15 is 0 Å². The van der Waals surface area contributed by atoms with Gasteiger partial charge in [0.2, 0.25) is 5.91 Å². The highest BCUT2D eigenvalue weighted by Gasteiger charge is 2.30. The molecule has 3 aromatic rings. The number of carbonyl (C=O) groups excluding carboxylic acids is 1. The van der Waals surface area contributed by atoms with Crippen molar-refractivity contribution in [1.29, 1.82) is 0 Å². The summed E-state index contributed by atoms with van der Waals surface area (Å²) in [6, 6.07) is 13.5. The van der Waals surface area contributed by atoms with Gasteiger partial charge in [-0.1, -0.05) is 18.9 Å². The number of aryl methyl sites for hydroxylation is 1. The predicted octanol–water partition coefficient (Wildman–Crippen LogP) is 4.57. The van der Waals surface area contributed by atoms with Crippen molar-refractivity contribution in [3.63, 3.8) is 0 Å². The Labute approximate surface area is 168 Å². The van der Waals surface area contributed by atoms with Crippen molar-refractivity contribution < 1.29 is 13.2 Å². The molecule has 0 radical (unpaired) electrons. The smallest absolute Gasteiger partial charge is 0.239 e. The molecule has 4 rings (SSSR count). The van der Waals surface area contributed by atoms with E-state index < -0.39 is 21.5 Å². The van der Waals surface area contributed by atoms with Crippen molar-refractivity contribution in [3.8, 4) is 10.6 Å². The average Bonchev–Trinajstić information content (AvgIpc) is 3.31. The number of nitrogens with one attached hydrogen (secondary N) is 1. The van der Waals surface area contributed by atoms with Gasteiger partial charge < -0.3 is 5.32 Å². The summed E-state index contributed by atoms with van der Waals surface area (Å²) in [4.78, 5) is 16.8. The first-order valence-corrected chi connectivity index (χ1v) is 11.9. The highest BCUT2D eigenvalue weighted by Crippen LogP contribution is 2.31. The number of rotatable bonds is 5. The van der Waals surface area contributed by atoms with E-state index in [0.717, 1.165) is 33.6 Å². The quantitative estimate of drug-likeness (QED) is 0.664. The summed E-state index contributed by atoms with van der Waals surface area (Å²) >= 11 is 1.63. The fourth-order valence-electron chi connectivity index (χ4n) is 3.60. The number of hydrogen-bond acceptors (Lipinski definition) is 5. The van der Waals surface area contributed by atoms with Crippen LogP contribution in [0.1, 0.15) is 31.2 Å². The molecule has 7 heteroatoms. The van der Waals surface area contributed by atoms with E-state index in [0.29, 0.717) is 18.5 Å². The number of thiazole rings is 1. The van der Waals surface area contributed by atoms with Gasteiger partial charge >= 0.3 is 0 Å². The number of anilines is 1. The summed E-state index contributed by atoms with van der Waals surface area (Å²) < 4.78 is 25.8. The molecular formula is C21H22N2O3S2. The summed E-state index contributed by atoms with van der Waals surface area (Å²) in [7, 11) is -3.37. The van der Waals surface area contributed by atoms with E-state index in [4.69, 9.17) is 0 Å². The van der Waals surface area contributed by atoms with Gasteiger partial charge in [-0.2, -0.15) is 0 Å². The van der Waals surface area contributed by atoms with Gasteiger partial charge in [-0.15, -0.1) is 11.3 Å². The van der Waals surface area contributed by atoms with E-state index in [1.165, 1.54) is 5.56 Å². The van der Waals surface area contributed by atoms with Crippen LogP contribution < -0.4 is 5.32 Å². The van der Waals surface area contributed by atoms with Crippen molar-refractivity contribution in [2.75, 3.05) is 11.1 Å². The van der Waals surface area contributed by atoms with Gasteiger partial charge in [0.15, 0.2) is 9.84 Å². The maximum Gasteiger partial charge on any atom is 0.239 e. The van der Waals surface area contributed by atoms with E-state index in [9.17, 15) is 13.2 Å². The molecule has 0 spiro atoms. The molecule has 1 saturated carbocycles. The third kappa shape index (κ3) is 4.10. The first-order valence-electron chi connectivity index (χ1n) is 9.40. The summed E-state index contributed by atoms with van der Waals surface area (Å²) in [5.74, 6) is -0.925. The number of benzene rings is 2. The lowest BCUT2D eigenvalue weighted by Crippen LogP contribution is -2.29. The molecule has 5 nitrogen and oxygen atoms in total. The molecule has 0 bridgehead atoms. The van der Waals surface area contributed by atoms with E-state index in [1.54, 1.807) is 23.5 Å². The number of amides is 1. The van der Waals surface area contributed by atoms with E-state index in [1.807, 2.05) is 24.3 Å². The zero-order valence-corrected chi connectivity index (χ0v) is 17.3. The number of sulfone groups is 1. The Morgan fingerprint density at radius 2 is 1.86 bits per heavy atom. The van der Waals surface area contributed by atoms with Crippen LogP contribution in [-0.4, -0.2) is 30.3 Å². The number of hydrogen-bond donors (Lipinski definition) is 1. The normalized spacial score (nSPS) is 15.2. The summed E-state index contributed by atoms with van der Waals surface area (Å²) in [6.07, 6.45) is 3.20. The van der Waals surface area contributed by atoms with Crippen molar-refractivity contribution in [2.24, 2.45) is 0 Å². The second-order valence-corrected chi connectivity index (χ2v) is 10.6. The molecule has 2 aromatic carbocycles. The number of carbonyl (C=O) groups is 1. The van der Waals surface area contributed by atoms with Crippen molar-refractivity contribution in [2.45, 2.75) is 37.9 Å². The zero-order valence-electron chi connectivity index (χ0n) is 15.6. The topological polar surface area (TPSA) is 76.1 Å². The fourth-order valence-corrected chi connectivity index (χ4v) is 6.39.